The number of hydrogen-bond acceptors (Lipinski definition) is 3. The molecule has 2 aromatic heterocycles. The van der Waals surface area contributed by atoms with E-state index in [1.165, 1.54) is 0 Å². The molecule has 0 saturated carbocycles. The SMILES string of the molecule is Cc1nn(-c2ccccc2)c(C)c1CN(C)[C@H](C)C(=O)c1c[nH]c2ccccc12. The second-order valence-corrected chi connectivity index (χ2v) is 7.60. The summed E-state index contributed by atoms with van der Waals surface area (Å²) in [6, 6.07) is 17.8. The first-order chi connectivity index (χ1) is 14.0. The molecule has 1 N–H and O–H groups in total. The molecule has 0 amide bonds. The van der Waals surface area contributed by atoms with Crippen LogP contribution < -0.4 is 0 Å². The zero-order valence-corrected chi connectivity index (χ0v) is 17.3. The number of likely N-dealkylation sites (N-methyl/N-ethyl adjacent to an activating group) is 1. The van der Waals surface area contributed by atoms with Crippen molar-refractivity contribution in [3.05, 3.63) is 83.3 Å². The molecule has 0 unspecified atom stereocenters. The Hall–Kier alpha value is -3.18. The quantitative estimate of drug-likeness (QED) is 0.490. The molecule has 29 heavy (non-hydrogen) atoms. The minimum Gasteiger partial charge on any atom is -0.360 e. The zero-order valence-electron chi connectivity index (χ0n) is 17.3. The summed E-state index contributed by atoms with van der Waals surface area (Å²) < 4.78 is 1.98. The number of H-pyrrole nitrogens is 1. The Morgan fingerprint density at radius 3 is 2.55 bits per heavy atom. The fourth-order valence-corrected chi connectivity index (χ4v) is 3.81. The summed E-state index contributed by atoms with van der Waals surface area (Å²) in [5.74, 6) is 0.121. The second-order valence-electron chi connectivity index (χ2n) is 7.60. The molecule has 1 atom stereocenters. The van der Waals surface area contributed by atoms with Crippen LogP contribution in [-0.2, 0) is 6.54 Å². The highest BCUT2D eigenvalue weighted by Crippen LogP contribution is 2.23. The molecule has 0 aliphatic carbocycles. The third-order valence-electron chi connectivity index (χ3n) is 5.74. The van der Waals surface area contributed by atoms with Crippen molar-refractivity contribution in [1.82, 2.24) is 19.7 Å². The molecular formula is C24H26N4O. The van der Waals surface area contributed by atoms with Gasteiger partial charge in [-0.2, -0.15) is 5.10 Å². The Morgan fingerprint density at radius 1 is 1.10 bits per heavy atom. The van der Waals surface area contributed by atoms with Gasteiger partial charge in [-0.15, -0.1) is 0 Å². The fourth-order valence-electron chi connectivity index (χ4n) is 3.81. The number of para-hydroxylation sites is 2. The van der Waals surface area contributed by atoms with Gasteiger partial charge in [0.1, 0.15) is 0 Å². The van der Waals surface area contributed by atoms with Crippen LogP contribution in [0.25, 0.3) is 16.6 Å². The van der Waals surface area contributed by atoms with Gasteiger partial charge in [-0.1, -0.05) is 36.4 Å². The van der Waals surface area contributed by atoms with Crippen LogP contribution in [0, 0.1) is 13.8 Å². The number of Topliss-reactive ketones (excluding diaryl/α,β-unsaturated/α-hetero) is 1. The third-order valence-corrected chi connectivity index (χ3v) is 5.74. The number of rotatable bonds is 6. The summed E-state index contributed by atoms with van der Waals surface area (Å²) in [5.41, 5.74) is 6.03. The average Bonchev–Trinajstić information content (AvgIpc) is 3.29. The molecule has 0 aliphatic rings. The van der Waals surface area contributed by atoms with Gasteiger partial charge in [0.2, 0.25) is 0 Å². The Kier molecular flexibility index (Phi) is 5.07. The monoisotopic (exact) mass is 386 g/mol. The molecule has 148 valence electrons. The van der Waals surface area contributed by atoms with Gasteiger partial charge in [0.05, 0.1) is 17.4 Å². The third kappa shape index (κ3) is 3.49. The molecule has 2 aromatic carbocycles. The van der Waals surface area contributed by atoms with Crippen LogP contribution in [0.1, 0.15) is 34.2 Å². The summed E-state index contributed by atoms with van der Waals surface area (Å²) in [6.07, 6.45) is 1.82. The second kappa shape index (κ2) is 7.68. The molecule has 0 radical (unpaired) electrons. The molecule has 5 heteroatoms. The largest absolute Gasteiger partial charge is 0.360 e. The van der Waals surface area contributed by atoms with E-state index >= 15 is 0 Å². The van der Waals surface area contributed by atoms with E-state index in [4.69, 9.17) is 5.10 Å². The minimum absolute atomic E-state index is 0.121. The number of nitrogens with one attached hydrogen (secondary N) is 1. The molecule has 0 fully saturated rings. The Labute approximate surface area is 171 Å². The molecule has 0 bridgehead atoms. The highest BCUT2D eigenvalue weighted by molar-refractivity contribution is 6.10. The lowest BCUT2D eigenvalue weighted by Gasteiger charge is -2.23. The molecule has 4 rings (SSSR count). The molecule has 0 spiro atoms. The fraction of sp³-hybridized carbons (Fsp3) is 0.250. The van der Waals surface area contributed by atoms with Crippen molar-refractivity contribution in [1.29, 1.82) is 0 Å². The van der Waals surface area contributed by atoms with Gasteiger partial charge in [-0.3, -0.25) is 9.69 Å². The maximum absolute atomic E-state index is 13.2. The highest BCUT2D eigenvalue weighted by atomic mass is 16.1. The van der Waals surface area contributed by atoms with Crippen LogP contribution in [0.4, 0.5) is 0 Å². The lowest BCUT2D eigenvalue weighted by Crippen LogP contribution is -2.35. The predicted molar refractivity (Wildman–Crippen MR) is 117 cm³/mol. The standard InChI is InChI=1S/C24H26N4O/c1-16-22(17(2)28(26-16)19-10-6-5-7-11-19)15-27(4)18(3)24(29)21-14-25-23-13-9-8-12-20(21)23/h5-14,18,25H,15H2,1-4H3/t18-/m1/s1. The van der Waals surface area contributed by atoms with Gasteiger partial charge in [0.25, 0.3) is 0 Å². The van der Waals surface area contributed by atoms with Crippen molar-refractivity contribution in [2.45, 2.75) is 33.4 Å². The zero-order chi connectivity index (χ0) is 20.5. The number of ketones is 1. The van der Waals surface area contributed by atoms with Crippen molar-refractivity contribution in [2.75, 3.05) is 7.05 Å². The molecule has 5 nitrogen and oxygen atoms in total. The van der Waals surface area contributed by atoms with Crippen LogP contribution in [0.5, 0.6) is 0 Å². The average molecular weight is 386 g/mol. The summed E-state index contributed by atoms with van der Waals surface area (Å²) in [7, 11) is 2.00. The number of aryl methyl sites for hydroxylation is 1. The molecule has 0 aliphatic heterocycles. The number of benzene rings is 2. The van der Waals surface area contributed by atoms with Gasteiger partial charge in [-0.25, -0.2) is 4.68 Å². The number of nitrogens with zero attached hydrogens (tertiary/aromatic N) is 3. The van der Waals surface area contributed by atoms with Crippen LogP contribution in [-0.4, -0.2) is 38.5 Å². The van der Waals surface area contributed by atoms with E-state index < -0.39 is 0 Å². The number of hydrogen-bond donors (Lipinski definition) is 1. The van der Waals surface area contributed by atoms with Crippen molar-refractivity contribution >= 4 is 16.7 Å². The van der Waals surface area contributed by atoms with Gasteiger partial charge in [0, 0.05) is 40.5 Å². The number of carbonyl (C=O) groups is 1. The Morgan fingerprint density at radius 2 is 1.79 bits per heavy atom. The van der Waals surface area contributed by atoms with E-state index in [-0.39, 0.29) is 11.8 Å². The van der Waals surface area contributed by atoms with Gasteiger partial charge in [-0.05, 0) is 46.0 Å². The minimum atomic E-state index is -0.243. The lowest BCUT2D eigenvalue weighted by molar-refractivity contribution is 0.0863. The Balaban J connectivity index is 1.57. The molecule has 4 aromatic rings. The van der Waals surface area contributed by atoms with Gasteiger partial charge in [0.15, 0.2) is 5.78 Å². The number of aromatic nitrogens is 3. The van der Waals surface area contributed by atoms with E-state index in [0.29, 0.717) is 6.54 Å². The van der Waals surface area contributed by atoms with E-state index in [1.807, 2.05) is 74.2 Å². The maximum Gasteiger partial charge on any atom is 0.181 e. The van der Waals surface area contributed by atoms with Crippen molar-refractivity contribution in [2.24, 2.45) is 0 Å². The molecular weight excluding hydrogens is 360 g/mol. The van der Waals surface area contributed by atoms with Gasteiger partial charge < -0.3 is 4.98 Å². The molecule has 2 heterocycles. The van der Waals surface area contributed by atoms with Crippen molar-refractivity contribution in [3.8, 4) is 5.69 Å². The van der Waals surface area contributed by atoms with Crippen LogP contribution in [0.2, 0.25) is 0 Å². The smallest absolute Gasteiger partial charge is 0.181 e. The summed E-state index contributed by atoms with van der Waals surface area (Å²) in [4.78, 5) is 18.5. The topological polar surface area (TPSA) is 53.9 Å². The maximum atomic E-state index is 13.2. The number of aromatic amines is 1. The van der Waals surface area contributed by atoms with Crippen LogP contribution in [0.15, 0.2) is 60.8 Å². The van der Waals surface area contributed by atoms with Crippen molar-refractivity contribution in [3.63, 3.8) is 0 Å². The first-order valence-electron chi connectivity index (χ1n) is 9.88. The van der Waals surface area contributed by atoms with Gasteiger partial charge >= 0.3 is 0 Å². The van der Waals surface area contributed by atoms with Crippen molar-refractivity contribution < 1.29 is 4.79 Å². The number of carbonyl (C=O) groups excluding carboxylic acids is 1. The van der Waals surface area contributed by atoms with Crippen LogP contribution in [0.3, 0.4) is 0 Å². The van der Waals surface area contributed by atoms with Crippen LogP contribution >= 0.6 is 0 Å². The lowest BCUT2D eigenvalue weighted by atomic mass is 10.0. The highest BCUT2D eigenvalue weighted by Gasteiger charge is 2.24. The first kappa shape index (κ1) is 19.2. The Bertz CT molecular complexity index is 1160. The normalized spacial score (nSPS) is 12.6. The molecule has 0 saturated heterocycles. The predicted octanol–water partition coefficient (Wildman–Crippen LogP) is 4.67. The summed E-state index contributed by atoms with van der Waals surface area (Å²) in [5, 5.41) is 5.70. The summed E-state index contributed by atoms with van der Waals surface area (Å²) >= 11 is 0. The number of fused-ring (bicyclic) bond motifs is 1. The van der Waals surface area contributed by atoms with E-state index in [1.54, 1.807) is 0 Å². The van der Waals surface area contributed by atoms with E-state index in [0.717, 1.165) is 39.1 Å². The van der Waals surface area contributed by atoms with E-state index in [9.17, 15) is 4.79 Å². The van der Waals surface area contributed by atoms with E-state index in [2.05, 4.69) is 28.9 Å². The first-order valence-corrected chi connectivity index (χ1v) is 9.88. The summed E-state index contributed by atoms with van der Waals surface area (Å²) in [6.45, 7) is 6.75.